The topological polar surface area (TPSA) is 105 Å². The van der Waals surface area contributed by atoms with Crippen LogP contribution in [0.3, 0.4) is 0 Å². The van der Waals surface area contributed by atoms with E-state index in [0.717, 1.165) is 10.6 Å². The van der Waals surface area contributed by atoms with Crippen LogP contribution in [0.5, 0.6) is 11.5 Å². The van der Waals surface area contributed by atoms with E-state index in [0.29, 0.717) is 40.1 Å². The van der Waals surface area contributed by atoms with Crippen LogP contribution in [0, 0.1) is 5.92 Å². The number of amides is 2. The maximum Gasteiger partial charge on any atom is 0.244 e. The van der Waals surface area contributed by atoms with Gasteiger partial charge in [-0.05, 0) is 36.6 Å². The van der Waals surface area contributed by atoms with Gasteiger partial charge in [0.05, 0.1) is 11.9 Å². The molecule has 0 aromatic heterocycles. The van der Waals surface area contributed by atoms with Crippen molar-refractivity contribution in [2.45, 2.75) is 39.8 Å². The van der Waals surface area contributed by atoms with Crippen LogP contribution in [0.4, 0.5) is 5.69 Å². The second-order valence-corrected chi connectivity index (χ2v) is 11.8. The van der Waals surface area contributed by atoms with Gasteiger partial charge in [0.2, 0.25) is 28.6 Å². The highest BCUT2D eigenvalue weighted by Gasteiger charge is 2.33. The maximum absolute atomic E-state index is 13.8. The van der Waals surface area contributed by atoms with Gasteiger partial charge in [-0.2, -0.15) is 0 Å². The first-order valence-electron chi connectivity index (χ1n) is 11.8. The van der Waals surface area contributed by atoms with E-state index in [4.69, 9.17) is 32.7 Å². The molecule has 202 valence electrons. The van der Waals surface area contributed by atoms with Gasteiger partial charge in [-0.3, -0.25) is 13.9 Å². The number of halogens is 2. The van der Waals surface area contributed by atoms with Gasteiger partial charge in [-0.25, -0.2) is 8.42 Å². The summed E-state index contributed by atoms with van der Waals surface area (Å²) in [7, 11) is -3.89. The monoisotopic (exact) mass is 571 g/mol. The molecule has 2 amide bonds. The van der Waals surface area contributed by atoms with Crippen molar-refractivity contribution in [2.24, 2.45) is 5.92 Å². The van der Waals surface area contributed by atoms with Crippen molar-refractivity contribution < 1.29 is 27.5 Å². The quantitative estimate of drug-likeness (QED) is 0.436. The number of fused-ring (bicyclic) bond motifs is 1. The number of hydrogen-bond donors (Lipinski definition) is 1. The minimum atomic E-state index is -3.89. The Kier molecular flexibility index (Phi) is 9.55. The van der Waals surface area contributed by atoms with Crippen LogP contribution in [0.25, 0.3) is 0 Å². The van der Waals surface area contributed by atoms with Crippen LogP contribution in [0.1, 0.15) is 32.8 Å². The Bertz CT molecular complexity index is 1230. The van der Waals surface area contributed by atoms with Crippen LogP contribution < -0.4 is 19.1 Å². The Hall–Kier alpha value is -2.69. The van der Waals surface area contributed by atoms with Crippen molar-refractivity contribution >= 4 is 50.7 Å². The molecule has 0 bridgehead atoms. The van der Waals surface area contributed by atoms with Gasteiger partial charge >= 0.3 is 0 Å². The number of anilines is 1. The molecule has 12 heteroatoms. The van der Waals surface area contributed by atoms with Gasteiger partial charge in [0, 0.05) is 34.8 Å². The highest BCUT2D eigenvalue weighted by atomic mass is 35.5. The van der Waals surface area contributed by atoms with Crippen molar-refractivity contribution in [2.75, 3.05) is 30.4 Å². The largest absolute Gasteiger partial charge is 0.454 e. The Morgan fingerprint density at radius 3 is 2.32 bits per heavy atom. The van der Waals surface area contributed by atoms with Crippen LogP contribution in [-0.4, -0.2) is 57.3 Å². The summed E-state index contributed by atoms with van der Waals surface area (Å²) in [6, 6.07) is 8.69. The third-order valence-corrected chi connectivity index (χ3v) is 7.63. The summed E-state index contributed by atoms with van der Waals surface area (Å²) in [5.74, 6) is 0.117. The molecule has 0 spiro atoms. The minimum absolute atomic E-state index is 0.0205. The highest BCUT2D eigenvalue weighted by Crippen LogP contribution is 2.36. The summed E-state index contributed by atoms with van der Waals surface area (Å²) in [5, 5.41) is 3.53. The summed E-state index contributed by atoms with van der Waals surface area (Å²) in [6.45, 7) is 5.52. The number of carbonyl (C=O) groups excluding carboxylic acids is 2. The SMILES string of the molecule is CCC(C(=O)NCC(C)C)N(Cc1c(Cl)cccc1Cl)C(=O)CN(c1ccc2c(c1)OCO2)S(C)(=O)=O. The van der Waals surface area contributed by atoms with Gasteiger partial charge in [-0.15, -0.1) is 0 Å². The lowest BCUT2D eigenvalue weighted by Gasteiger charge is -2.33. The van der Waals surface area contributed by atoms with E-state index >= 15 is 0 Å². The molecule has 0 fully saturated rings. The van der Waals surface area contributed by atoms with E-state index in [1.165, 1.54) is 17.0 Å². The van der Waals surface area contributed by atoms with E-state index in [-0.39, 0.29) is 30.9 Å². The zero-order valence-corrected chi connectivity index (χ0v) is 23.5. The van der Waals surface area contributed by atoms with Crippen LogP contribution in [-0.2, 0) is 26.2 Å². The summed E-state index contributed by atoms with van der Waals surface area (Å²) >= 11 is 12.8. The fourth-order valence-corrected chi connectivity index (χ4v) is 5.21. The van der Waals surface area contributed by atoms with Crippen LogP contribution >= 0.6 is 23.2 Å². The van der Waals surface area contributed by atoms with E-state index < -0.39 is 28.5 Å². The van der Waals surface area contributed by atoms with Crippen LogP contribution in [0.15, 0.2) is 36.4 Å². The van der Waals surface area contributed by atoms with Crippen molar-refractivity contribution in [1.29, 1.82) is 0 Å². The lowest BCUT2D eigenvalue weighted by atomic mass is 10.1. The van der Waals surface area contributed by atoms with E-state index in [9.17, 15) is 18.0 Å². The fourth-order valence-electron chi connectivity index (χ4n) is 3.85. The van der Waals surface area contributed by atoms with E-state index in [1.807, 2.05) is 13.8 Å². The number of rotatable bonds is 11. The first-order chi connectivity index (χ1) is 17.4. The molecule has 1 aliphatic heterocycles. The van der Waals surface area contributed by atoms with Gasteiger partial charge in [0.15, 0.2) is 11.5 Å². The smallest absolute Gasteiger partial charge is 0.244 e. The minimum Gasteiger partial charge on any atom is -0.454 e. The lowest BCUT2D eigenvalue weighted by molar-refractivity contribution is -0.140. The first kappa shape index (κ1) is 28.9. The predicted molar refractivity (Wildman–Crippen MR) is 144 cm³/mol. The Balaban J connectivity index is 1.98. The average molecular weight is 573 g/mol. The molecule has 37 heavy (non-hydrogen) atoms. The highest BCUT2D eigenvalue weighted by molar-refractivity contribution is 7.92. The molecule has 9 nitrogen and oxygen atoms in total. The molecule has 2 aromatic carbocycles. The van der Waals surface area contributed by atoms with Gasteiger partial charge in [0.25, 0.3) is 0 Å². The standard InChI is InChI=1S/C25H31Cl2N3O6S/c1-5-21(25(32)28-12-16(2)3)29(13-18-19(26)7-6-8-20(18)27)24(31)14-30(37(4,33)34)17-9-10-22-23(11-17)36-15-35-22/h6-11,16,21H,5,12-15H2,1-4H3,(H,28,32). The van der Waals surface area contributed by atoms with E-state index in [1.54, 1.807) is 31.2 Å². The normalized spacial score (nSPS) is 13.4. The summed E-state index contributed by atoms with van der Waals surface area (Å²) in [4.78, 5) is 28.2. The van der Waals surface area contributed by atoms with Crippen molar-refractivity contribution in [3.05, 3.63) is 52.0 Å². The number of benzene rings is 2. The number of carbonyl (C=O) groups is 2. The first-order valence-corrected chi connectivity index (χ1v) is 14.4. The second-order valence-electron chi connectivity index (χ2n) is 9.09. The van der Waals surface area contributed by atoms with E-state index in [2.05, 4.69) is 5.32 Å². The number of nitrogens with one attached hydrogen (secondary N) is 1. The zero-order valence-electron chi connectivity index (χ0n) is 21.2. The molecule has 0 saturated carbocycles. The molecule has 1 atom stereocenters. The molecular weight excluding hydrogens is 541 g/mol. The third-order valence-electron chi connectivity index (χ3n) is 5.78. The molecule has 1 unspecified atom stereocenters. The predicted octanol–water partition coefficient (Wildman–Crippen LogP) is 4.07. The molecule has 1 N–H and O–H groups in total. The molecule has 0 aliphatic carbocycles. The van der Waals surface area contributed by atoms with Crippen LogP contribution in [0.2, 0.25) is 10.0 Å². The molecule has 3 rings (SSSR count). The lowest BCUT2D eigenvalue weighted by Crippen LogP contribution is -2.52. The fraction of sp³-hybridized carbons (Fsp3) is 0.440. The second kappa shape index (κ2) is 12.2. The number of sulfonamides is 1. The number of ether oxygens (including phenoxy) is 2. The number of nitrogens with zero attached hydrogens (tertiary/aromatic N) is 2. The van der Waals surface area contributed by atoms with Crippen molar-refractivity contribution in [3.63, 3.8) is 0 Å². The zero-order chi connectivity index (χ0) is 27.3. The van der Waals surface area contributed by atoms with Gasteiger partial charge < -0.3 is 19.7 Å². The summed E-state index contributed by atoms with van der Waals surface area (Å²) < 4.78 is 37.2. The molecule has 0 radical (unpaired) electrons. The van der Waals surface area contributed by atoms with Gasteiger partial charge in [-0.1, -0.05) is 50.0 Å². The van der Waals surface area contributed by atoms with Gasteiger partial charge in [0.1, 0.15) is 12.6 Å². The average Bonchev–Trinajstić information content (AvgIpc) is 3.29. The Morgan fingerprint density at radius 1 is 1.08 bits per heavy atom. The number of hydrogen-bond acceptors (Lipinski definition) is 6. The molecule has 1 aliphatic rings. The summed E-state index contributed by atoms with van der Waals surface area (Å²) in [5.41, 5.74) is 0.691. The Morgan fingerprint density at radius 2 is 1.73 bits per heavy atom. The van der Waals surface area contributed by atoms with Crippen molar-refractivity contribution in [3.8, 4) is 11.5 Å². The summed E-state index contributed by atoms with van der Waals surface area (Å²) in [6.07, 6.45) is 1.30. The van der Waals surface area contributed by atoms with Crippen molar-refractivity contribution in [1.82, 2.24) is 10.2 Å². The maximum atomic E-state index is 13.8. The Labute approximate surface area is 227 Å². The molecule has 0 saturated heterocycles. The molecule has 2 aromatic rings. The molecular formula is C25H31Cl2N3O6S. The third kappa shape index (κ3) is 7.21. The molecule has 1 heterocycles.